The van der Waals surface area contributed by atoms with Crippen LogP contribution in [0, 0.1) is 36.2 Å². The molecular formula is C22H12F3NS. The zero-order valence-electron chi connectivity index (χ0n) is 14.2. The van der Waals surface area contributed by atoms with Gasteiger partial charge >= 0.3 is 0 Å². The Morgan fingerprint density at radius 1 is 0.778 bits per heavy atom. The second kappa shape index (κ2) is 8.01. The van der Waals surface area contributed by atoms with E-state index in [2.05, 4.69) is 34.2 Å². The summed E-state index contributed by atoms with van der Waals surface area (Å²) in [5.74, 6) is 3.39. The molecule has 0 atom stereocenters. The Kier molecular flexibility index (Phi) is 5.52. The van der Waals surface area contributed by atoms with Crippen LogP contribution in [0.15, 0.2) is 59.6 Å². The topological polar surface area (TPSA) is 12.4 Å². The summed E-state index contributed by atoms with van der Waals surface area (Å²) >= 11 is 4.47. The number of nitrogens with zero attached hydrogens (tertiary/aromatic N) is 1. The Balaban J connectivity index is 1.87. The van der Waals surface area contributed by atoms with Gasteiger partial charge in [-0.3, -0.25) is 0 Å². The molecule has 0 aliphatic heterocycles. The lowest BCUT2D eigenvalue weighted by Crippen LogP contribution is -1.91. The molecule has 0 aromatic heterocycles. The number of halogens is 3. The molecule has 3 aromatic carbocycles. The first-order valence-corrected chi connectivity index (χ1v) is 8.34. The van der Waals surface area contributed by atoms with E-state index < -0.39 is 17.5 Å². The lowest BCUT2D eigenvalue weighted by atomic mass is 10.0. The predicted octanol–water partition coefficient (Wildman–Crippen LogP) is 6.21. The molecule has 3 aromatic rings. The molecule has 0 aliphatic carbocycles. The van der Waals surface area contributed by atoms with Crippen molar-refractivity contribution in [2.24, 2.45) is 4.99 Å². The molecule has 1 nitrogen and oxygen atoms in total. The number of thiocarbonyl (C=S) groups is 1. The monoisotopic (exact) mass is 379 g/mol. The fraction of sp³-hybridized carbons (Fsp3) is 0.0455. The van der Waals surface area contributed by atoms with Gasteiger partial charge in [-0.25, -0.2) is 13.2 Å². The molecule has 0 radical (unpaired) electrons. The SMILES string of the molecule is Cc1cc(F)c(C#Cc2ccc(-c3ccc(N=C=S)c(F)c3)cc2)c(F)c1. The molecule has 132 valence electrons. The molecule has 0 amide bonds. The molecule has 0 spiro atoms. The molecule has 0 unspecified atom stereocenters. The number of isothiocyanates is 1. The average Bonchev–Trinajstić information content (AvgIpc) is 2.63. The molecule has 0 N–H and O–H groups in total. The van der Waals surface area contributed by atoms with E-state index in [1.807, 2.05) is 0 Å². The van der Waals surface area contributed by atoms with Crippen molar-refractivity contribution in [1.82, 2.24) is 0 Å². The zero-order valence-corrected chi connectivity index (χ0v) is 15.0. The fourth-order valence-electron chi connectivity index (χ4n) is 2.53. The molecule has 0 aliphatic rings. The molecule has 5 heteroatoms. The van der Waals surface area contributed by atoms with E-state index in [-0.39, 0.29) is 11.3 Å². The largest absolute Gasteiger partial charge is 0.206 e. The lowest BCUT2D eigenvalue weighted by molar-refractivity contribution is 0.575. The van der Waals surface area contributed by atoms with Crippen molar-refractivity contribution in [3.05, 3.63) is 88.7 Å². The molecule has 3 rings (SSSR count). The first-order chi connectivity index (χ1) is 13.0. The number of hydrogen-bond donors (Lipinski definition) is 0. The van der Waals surface area contributed by atoms with Crippen LogP contribution in [0.3, 0.4) is 0 Å². The van der Waals surface area contributed by atoms with E-state index in [0.29, 0.717) is 16.7 Å². The highest BCUT2D eigenvalue weighted by atomic mass is 32.1. The van der Waals surface area contributed by atoms with Crippen LogP contribution in [0.5, 0.6) is 0 Å². The van der Waals surface area contributed by atoms with Crippen molar-refractivity contribution >= 4 is 23.1 Å². The zero-order chi connectivity index (χ0) is 19.4. The summed E-state index contributed by atoms with van der Waals surface area (Å²) in [5, 5.41) is 2.13. The summed E-state index contributed by atoms with van der Waals surface area (Å²) in [6.07, 6.45) is 0. The second-order valence-corrected chi connectivity index (χ2v) is 5.98. The molecule has 27 heavy (non-hydrogen) atoms. The number of rotatable bonds is 2. The van der Waals surface area contributed by atoms with Crippen LogP contribution in [0.25, 0.3) is 11.1 Å². The Morgan fingerprint density at radius 3 is 2.00 bits per heavy atom. The first kappa shape index (κ1) is 18.6. The Hall–Kier alpha value is -3.19. The van der Waals surface area contributed by atoms with Crippen molar-refractivity contribution in [1.29, 1.82) is 0 Å². The highest BCUT2D eigenvalue weighted by Gasteiger charge is 2.07. The third kappa shape index (κ3) is 4.32. The minimum atomic E-state index is -0.689. The molecule has 0 saturated carbocycles. The summed E-state index contributed by atoms with van der Waals surface area (Å²) in [7, 11) is 0. The van der Waals surface area contributed by atoms with Crippen molar-refractivity contribution in [3.8, 4) is 23.0 Å². The number of hydrogen-bond acceptors (Lipinski definition) is 2. The van der Waals surface area contributed by atoms with Crippen molar-refractivity contribution in [2.45, 2.75) is 6.92 Å². The number of benzene rings is 3. The normalized spacial score (nSPS) is 9.93. The summed E-state index contributed by atoms with van der Waals surface area (Å²) in [5.41, 5.74) is 2.37. The van der Waals surface area contributed by atoms with Gasteiger partial charge in [0.25, 0.3) is 0 Å². The number of aliphatic imine (C=N–C) groups is 1. The second-order valence-electron chi connectivity index (χ2n) is 5.80. The lowest BCUT2D eigenvalue weighted by Gasteiger charge is -2.03. The first-order valence-electron chi connectivity index (χ1n) is 7.93. The minimum absolute atomic E-state index is 0.124. The van der Waals surface area contributed by atoms with Crippen molar-refractivity contribution < 1.29 is 13.2 Å². The van der Waals surface area contributed by atoms with Gasteiger partial charge < -0.3 is 0 Å². The van der Waals surface area contributed by atoms with Crippen molar-refractivity contribution in [3.63, 3.8) is 0 Å². The fourth-order valence-corrected chi connectivity index (χ4v) is 2.62. The van der Waals surface area contributed by atoms with Crippen LogP contribution >= 0.6 is 12.2 Å². The Morgan fingerprint density at radius 2 is 1.41 bits per heavy atom. The van der Waals surface area contributed by atoms with Crippen molar-refractivity contribution in [2.75, 3.05) is 0 Å². The van der Waals surface area contributed by atoms with Crippen LogP contribution in [0.1, 0.15) is 16.7 Å². The van der Waals surface area contributed by atoms with E-state index in [0.717, 1.165) is 5.56 Å². The highest BCUT2D eigenvalue weighted by molar-refractivity contribution is 7.78. The van der Waals surface area contributed by atoms with E-state index in [4.69, 9.17) is 0 Å². The number of aryl methyl sites for hydroxylation is 1. The maximum Gasteiger partial charge on any atom is 0.150 e. The minimum Gasteiger partial charge on any atom is -0.206 e. The predicted molar refractivity (Wildman–Crippen MR) is 104 cm³/mol. The van der Waals surface area contributed by atoms with Gasteiger partial charge in [0.2, 0.25) is 0 Å². The molecule has 0 heterocycles. The summed E-state index contributed by atoms with van der Waals surface area (Å²) in [6, 6.07) is 14.0. The highest BCUT2D eigenvalue weighted by Crippen LogP contribution is 2.26. The van der Waals surface area contributed by atoms with Gasteiger partial charge in [-0.2, -0.15) is 4.99 Å². The maximum atomic E-state index is 13.9. The van der Waals surface area contributed by atoms with Gasteiger partial charge in [0.05, 0.1) is 10.7 Å². The van der Waals surface area contributed by atoms with Gasteiger partial charge in [-0.15, -0.1) is 0 Å². The average molecular weight is 379 g/mol. The Labute approximate surface area is 160 Å². The molecule has 0 saturated heterocycles. The third-order valence-electron chi connectivity index (χ3n) is 3.85. The molecule has 0 fully saturated rings. The van der Waals surface area contributed by atoms with Gasteiger partial charge in [0, 0.05) is 5.56 Å². The van der Waals surface area contributed by atoms with E-state index in [1.54, 1.807) is 37.3 Å². The quantitative estimate of drug-likeness (QED) is 0.293. The van der Waals surface area contributed by atoms with E-state index in [1.165, 1.54) is 24.3 Å². The van der Waals surface area contributed by atoms with E-state index >= 15 is 0 Å². The van der Waals surface area contributed by atoms with Crippen LogP contribution < -0.4 is 0 Å². The third-order valence-corrected chi connectivity index (χ3v) is 3.94. The van der Waals surface area contributed by atoms with Crippen LogP contribution in [0.4, 0.5) is 18.9 Å². The van der Waals surface area contributed by atoms with Gasteiger partial charge in [-0.1, -0.05) is 30.0 Å². The maximum absolute atomic E-state index is 13.9. The van der Waals surface area contributed by atoms with Gasteiger partial charge in [0.1, 0.15) is 23.1 Å². The smallest absolute Gasteiger partial charge is 0.150 e. The standard InChI is InChI=1S/C22H12F3NS/c1-14-10-19(23)18(20(24)11-14)8-4-15-2-5-16(6-3-15)17-7-9-22(26-13-27)21(25)12-17/h2-3,5-7,9-12H,1H3. The molecule has 0 bridgehead atoms. The molecular weight excluding hydrogens is 367 g/mol. The Bertz CT molecular complexity index is 1100. The van der Waals surface area contributed by atoms with Crippen LogP contribution in [0.2, 0.25) is 0 Å². The van der Waals surface area contributed by atoms with Gasteiger partial charge in [-0.05, 0) is 72.2 Å². The summed E-state index contributed by atoms with van der Waals surface area (Å²) in [4.78, 5) is 3.64. The van der Waals surface area contributed by atoms with Gasteiger partial charge in [0.15, 0.2) is 0 Å². The summed E-state index contributed by atoms with van der Waals surface area (Å²) < 4.78 is 41.6. The summed E-state index contributed by atoms with van der Waals surface area (Å²) in [6.45, 7) is 1.61. The van der Waals surface area contributed by atoms with Crippen LogP contribution in [-0.4, -0.2) is 5.16 Å². The van der Waals surface area contributed by atoms with E-state index in [9.17, 15) is 13.2 Å². The van der Waals surface area contributed by atoms with Crippen LogP contribution in [-0.2, 0) is 0 Å².